The van der Waals surface area contributed by atoms with Crippen LogP contribution in [0.25, 0.3) is 0 Å². The summed E-state index contributed by atoms with van der Waals surface area (Å²) < 4.78 is 24.8. The first-order chi connectivity index (χ1) is 12.8. The van der Waals surface area contributed by atoms with Crippen LogP contribution in [0.5, 0.6) is 0 Å². The van der Waals surface area contributed by atoms with Crippen molar-refractivity contribution in [1.29, 1.82) is 0 Å². The topological polar surface area (TPSA) is 77.0 Å². The van der Waals surface area contributed by atoms with Crippen LogP contribution in [0.2, 0.25) is 0 Å². The SMILES string of the molecule is CCN(CCCNC(=NC)NCC(C(C)C)N1CCCCCC1)S(C)(=O)=O.I. The van der Waals surface area contributed by atoms with Gasteiger partial charge in [-0.05, 0) is 38.3 Å². The fraction of sp³-hybridized carbons (Fsp3) is 0.947. The van der Waals surface area contributed by atoms with Gasteiger partial charge in [-0.3, -0.25) is 9.89 Å². The number of hydrogen-bond acceptors (Lipinski definition) is 4. The number of guanidine groups is 1. The lowest BCUT2D eigenvalue weighted by atomic mass is 10.0. The third kappa shape index (κ3) is 10.6. The van der Waals surface area contributed by atoms with Gasteiger partial charge in [0.2, 0.25) is 10.0 Å². The molecule has 1 rings (SSSR count). The summed E-state index contributed by atoms with van der Waals surface area (Å²) in [7, 11) is -1.34. The summed E-state index contributed by atoms with van der Waals surface area (Å²) in [5.41, 5.74) is 0. The van der Waals surface area contributed by atoms with E-state index >= 15 is 0 Å². The quantitative estimate of drug-likeness (QED) is 0.196. The van der Waals surface area contributed by atoms with E-state index in [1.807, 2.05) is 6.92 Å². The Bertz CT molecular complexity index is 534. The molecule has 1 saturated heterocycles. The van der Waals surface area contributed by atoms with E-state index in [4.69, 9.17) is 0 Å². The van der Waals surface area contributed by atoms with Crippen LogP contribution in [-0.2, 0) is 10.0 Å². The largest absolute Gasteiger partial charge is 0.356 e. The molecule has 9 heteroatoms. The minimum atomic E-state index is -3.11. The van der Waals surface area contributed by atoms with Crippen molar-refractivity contribution in [2.75, 3.05) is 52.6 Å². The summed E-state index contributed by atoms with van der Waals surface area (Å²) in [4.78, 5) is 6.94. The van der Waals surface area contributed by atoms with Crippen LogP contribution in [-0.4, -0.2) is 82.2 Å². The molecule has 0 radical (unpaired) electrons. The van der Waals surface area contributed by atoms with E-state index in [2.05, 4.69) is 34.4 Å². The van der Waals surface area contributed by atoms with Crippen molar-refractivity contribution < 1.29 is 8.42 Å². The smallest absolute Gasteiger partial charge is 0.211 e. The van der Waals surface area contributed by atoms with E-state index < -0.39 is 10.0 Å². The van der Waals surface area contributed by atoms with Gasteiger partial charge in [-0.2, -0.15) is 0 Å². The Labute approximate surface area is 190 Å². The molecule has 0 aliphatic carbocycles. The van der Waals surface area contributed by atoms with E-state index in [0.29, 0.717) is 31.6 Å². The number of aliphatic imine (C=N–C) groups is 1. The van der Waals surface area contributed by atoms with Gasteiger partial charge in [-0.15, -0.1) is 24.0 Å². The highest BCUT2D eigenvalue weighted by atomic mass is 127. The van der Waals surface area contributed by atoms with Gasteiger partial charge in [-0.25, -0.2) is 12.7 Å². The predicted molar refractivity (Wildman–Crippen MR) is 130 cm³/mol. The van der Waals surface area contributed by atoms with E-state index in [1.54, 1.807) is 7.05 Å². The number of rotatable bonds is 10. The summed E-state index contributed by atoms with van der Waals surface area (Å²) in [5.74, 6) is 1.37. The zero-order valence-electron chi connectivity index (χ0n) is 18.4. The van der Waals surface area contributed by atoms with Gasteiger partial charge in [0.1, 0.15) is 0 Å². The lowest BCUT2D eigenvalue weighted by molar-refractivity contribution is 0.161. The molecule has 28 heavy (non-hydrogen) atoms. The highest BCUT2D eigenvalue weighted by Gasteiger charge is 2.22. The zero-order valence-corrected chi connectivity index (χ0v) is 21.6. The number of nitrogens with one attached hydrogen (secondary N) is 2. The van der Waals surface area contributed by atoms with E-state index in [9.17, 15) is 8.42 Å². The number of halogens is 1. The highest BCUT2D eigenvalue weighted by Crippen LogP contribution is 2.17. The van der Waals surface area contributed by atoms with Gasteiger partial charge in [0.25, 0.3) is 0 Å². The van der Waals surface area contributed by atoms with E-state index in [0.717, 1.165) is 18.9 Å². The normalized spacial score (nSPS) is 17.9. The Kier molecular flexibility index (Phi) is 14.7. The molecule has 0 aromatic rings. The molecule has 0 aromatic carbocycles. The van der Waals surface area contributed by atoms with Crippen LogP contribution >= 0.6 is 24.0 Å². The fourth-order valence-electron chi connectivity index (χ4n) is 3.66. The Morgan fingerprint density at radius 3 is 2.21 bits per heavy atom. The van der Waals surface area contributed by atoms with Crippen LogP contribution in [0.1, 0.15) is 52.9 Å². The highest BCUT2D eigenvalue weighted by molar-refractivity contribution is 14.0. The second-order valence-electron chi connectivity index (χ2n) is 7.75. The molecular weight excluding hydrogens is 489 g/mol. The molecule has 0 saturated carbocycles. The predicted octanol–water partition coefficient (Wildman–Crippen LogP) is 2.34. The Morgan fingerprint density at radius 1 is 1.14 bits per heavy atom. The van der Waals surface area contributed by atoms with Gasteiger partial charge < -0.3 is 10.6 Å². The summed E-state index contributed by atoms with van der Waals surface area (Å²) in [6.07, 6.45) is 7.30. The van der Waals surface area contributed by atoms with Crippen molar-refractivity contribution in [3.63, 3.8) is 0 Å². The summed E-state index contributed by atoms with van der Waals surface area (Å²) in [6.45, 7) is 11.4. The second-order valence-corrected chi connectivity index (χ2v) is 9.73. The van der Waals surface area contributed by atoms with Crippen LogP contribution in [0, 0.1) is 5.92 Å². The first-order valence-electron chi connectivity index (χ1n) is 10.4. The molecule has 0 amide bonds. The van der Waals surface area contributed by atoms with Crippen molar-refractivity contribution in [2.45, 2.75) is 58.9 Å². The second kappa shape index (κ2) is 14.8. The molecule has 1 heterocycles. The van der Waals surface area contributed by atoms with Crippen molar-refractivity contribution in [3.8, 4) is 0 Å². The van der Waals surface area contributed by atoms with Crippen molar-refractivity contribution >= 4 is 40.0 Å². The maximum atomic E-state index is 11.6. The lowest BCUT2D eigenvalue weighted by Gasteiger charge is -2.34. The van der Waals surface area contributed by atoms with Crippen molar-refractivity contribution in [2.24, 2.45) is 10.9 Å². The third-order valence-electron chi connectivity index (χ3n) is 5.28. The molecule has 0 spiro atoms. The molecule has 1 aliphatic heterocycles. The van der Waals surface area contributed by atoms with Gasteiger partial charge in [0, 0.05) is 39.3 Å². The maximum absolute atomic E-state index is 11.6. The van der Waals surface area contributed by atoms with Gasteiger partial charge in [0.15, 0.2) is 5.96 Å². The van der Waals surface area contributed by atoms with Crippen molar-refractivity contribution in [3.05, 3.63) is 0 Å². The Morgan fingerprint density at radius 2 is 1.75 bits per heavy atom. The number of hydrogen-bond donors (Lipinski definition) is 2. The van der Waals surface area contributed by atoms with Gasteiger partial charge in [-0.1, -0.05) is 33.6 Å². The number of likely N-dealkylation sites (tertiary alicyclic amines) is 1. The molecule has 7 nitrogen and oxygen atoms in total. The number of sulfonamides is 1. The molecule has 1 unspecified atom stereocenters. The standard InChI is InChI=1S/C19H41N5O2S.HI/c1-6-24(27(5,25)26)15-11-12-21-19(20-4)22-16-18(17(2)3)23-13-9-7-8-10-14-23;/h17-18H,6-16H2,1-5H3,(H2,20,21,22);1H. The average molecular weight is 532 g/mol. The molecule has 2 N–H and O–H groups in total. The molecular formula is C19H42IN5O2S. The Balaban J connectivity index is 0.00000729. The molecule has 1 fully saturated rings. The first-order valence-corrected chi connectivity index (χ1v) is 12.3. The molecule has 1 aliphatic rings. The minimum Gasteiger partial charge on any atom is -0.356 e. The molecule has 168 valence electrons. The summed E-state index contributed by atoms with van der Waals surface area (Å²) >= 11 is 0. The molecule has 0 bridgehead atoms. The van der Waals surface area contributed by atoms with Gasteiger partial charge in [0.05, 0.1) is 6.26 Å². The zero-order chi connectivity index (χ0) is 20.3. The minimum absolute atomic E-state index is 0. The first kappa shape index (κ1) is 27.9. The third-order valence-corrected chi connectivity index (χ3v) is 6.66. The molecule has 1 atom stereocenters. The van der Waals surface area contributed by atoms with Crippen LogP contribution < -0.4 is 10.6 Å². The van der Waals surface area contributed by atoms with Crippen LogP contribution in [0.3, 0.4) is 0 Å². The molecule has 0 aromatic heterocycles. The summed E-state index contributed by atoms with van der Waals surface area (Å²) in [5, 5.41) is 6.78. The average Bonchev–Trinajstić information content (AvgIpc) is 2.88. The fourth-order valence-corrected chi connectivity index (χ4v) is 4.59. The van der Waals surface area contributed by atoms with E-state index in [-0.39, 0.29) is 24.0 Å². The lowest BCUT2D eigenvalue weighted by Crippen LogP contribution is -2.50. The van der Waals surface area contributed by atoms with Crippen LogP contribution in [0.4, 0.5) is 0 Å². The van der Waals surface area contributed by atoms with Crippen LogP contribution in [0.15, 0.2) is 4.99 Å². The number of nitrogens with zero attached hydrogens (tertiary/aromatic N) is 3. The Hall–Kier alpha value is -0.130. The maximum Gasteiger partial charge on any atom is 0.211 e. The van der Waals surface area contributed by atoms with Gasteiger partial charge >= 0.3 is 0 Å². The van der Waals surface area contributed by atoms with E-state index in [1.165, 1.54) is 49.3 Å². The monoisotopic (exact) mass is 531 g/mol. The summed E-state index contributed by atoms with van der Waals surface area (Å²) in [6, 6.07) is 0.502. The van der Waals surface area contributed by atoms with Crippen molar-refractivity contribution in [1.82, 2.24) is 19.8 Å².